The number of nitrogens with zero attached hydrogens (tertiary/aromatic N) is 1. The summed E-state index contributed by atoms with van der Waals surface area (Å²) in [5.41, 5.74) is -0.565. The van der Waals surface area contributed by atoms with Crippen LogP contribution in [0.3, 0.4) is 0 Å². The van der Waals surface area contributed by atoms with Crippen molar-refractivity contribution in [3.05, 3.63) is 46.3 Å². The standard InChI is InChI=1S/C14H13FN2O2S/c15-9-5-2-1-4-8(9)11-13(18)16-12(17-14(11)19)10-6-3-7-20-10/h1-2,4-5,10H,3,6-7H2,(H2,16,17,18,19). The van der Waals surface area contributed by atoms with Gasteiger partial charge in [0.25, 0.3) is 5.56 Å². The molecule has 1 unspecified atom stereocenters. The second-order valence-electron chi connectivity index (χ2n) is 4.63. The maximum atomic E-state index is 13.7. The third-order valence-electron chi connectivity index (χ3n) is 3.30. The first-order chi connectivity index (χ1) is 9.66. The van der Waals surface area contributed by atoms with Gasteiger partial charge in [-0.2, -0.15) is 16.7 Å². The van der Waals surface area contributed by atoms with Crippen LogP contribution in [0.15, 0.2) is 29.1 Å². The van der Waals surface area contributed by atoms with Crippen molar-refractivity contribution in [2.75, 3.05) is 5.75 Å². The van der Waals surface area contributed by atoms with Gasteiger partial charge in [-0.3, -0.25) is 4.79 Å². The number of aromatic nitrogens is 2. The highest BCUT2D eigenvalue weighted by Gasteiger charge is 2.23. The van der Waals surface area contributed by atoms with Crippen LogP contribution in [0.4, 0.5) is 4.39 Å². The fourth-order valence-corrected chi connectivity index (χ4v) is 3.55. The van der Waals surface area contributed by atoms with E-state index in [2.05, 4.69) is 9.97 Å². The summed E-state index contributed by atoms with van der Waals surface area (Å²) >= 11 is 1.70. The number of hydrogen-bond acceptors (Lipinski definition) is 4. The second-order valence-corrected chi connectivity index (χ2v) is 5.94. The van der Waals surface area contributed by atoms with Gasteiger partial charge in [0.05, 0.1) is 5.25 Å². The molecule has 0 bridgehead atoms. The average molecular weight is 292 g/mol. The molecule has 1 aromatic heterocycles. The molecule has 1 saturated heterocycles. The Morgan fingerprint density at radius 3 is 2.85 bits per heavy atom. The third-order valence-corrected chi connectivity index (χ3v) is 4.68. The molecule has 0 saturated carbocycles. The molecule has 1 atom stereocenters. The van der Waals surface area contributed by atoms with Crippen LogP contribution in [0, 0.1) is 5.82 Å². The highest BCUT2D eigenvalue weighted by molar-refractivity contribution is 7.99. The average Bonchev–Trinajstić information content (AvgIpc) is 2.94. The molecule has 0 spiro atoms. The maximum Gasteiger partial charge on any atom is 0.262 e. The first-order valence-electron chi connectivity index (χ1n) is 6.36. The molecule has 0 amide bonds. The number of benzene rings is 1. The smallest absolute Gasteiger partial charge is 0.262 e. The van der Waals surface area contributed by atoms with E-state index in [1.54, 1.807) is 17.8 Å². The number of aromatic amines is 1. The lowest BCUT2D eigenvalue weighted by Gasteiger charge is -2.10. The lowest BCUT2D eigenvalue weighted by Crippen LogP contribution is -2.15. The van der Waals surface area contributed by atoms with Gasteiger partial charge in [-0.05, 0) is 24.7 Å². The van der Waals surface area contributed by atoms with Crippen LogP contribution in [0.5, 0.6) is 5.88 Å². The fourth-order valence-electron chi connectivity index (χ4n) is 2.33. The molecule has 1 aliphatic heterocycles. The van der Waals surface area contributed by atoms with Crippen molar-refractivity contribution in [3.8, 4) is 17.0 Å². The summed E-state index contributed by atoms with van der Waals surface area (Å²) < 4.78 is 13.7. The van der Waals surface area contributed by atoms with Gasteiger partial charge in [-0.1, -0.05) is 18.2 Å². The van der Waals surface area contributed by atoms with Crippen LogP contribution in [0.2, 0.25) is 0 Å². The van der Waals surface area contributed by atoms with Crippen molar-refractivity contribution in [2.45, 2.75) is 18.1 Å². The zero-order valence-electron chi connectivity index (χ0n) is 10.6. The molecule has 2 heterocycles. The summed E-state index contributed by atoms with van der Waals surface area (Å²) in [7, 11) is 0. The van der Waals surface area contributed by atoms with E-state index in [0.29, 0.717) is 5.82 Å². The number of rotatable bonds is 2. The third kappa shape index (κ3) is 2.31. The van der Waals surface area contributed by atoms with Crippen molar-refractivity contribution < 1.29 is 9.50 Å². The predicted octanol–water partition coefficient (Wildman–Crippen LogP) is 2.85. The first kappa shape index (κ1) is 13.2. The SMILES string of the molecule is O=c1[nH]c(C2CCCS2)nc(O)c1-c1ccccc1F. The van der Waals surface area contributed by atoms with Crippen LogP contribution < -0.4 is 5.56 Å². The van der Waals surface area contributed by atoms with Gasteiger partial charge in [0.1, 0.15) is 17.2 Å². The molecule has 1 aliphatic rings. The molecule has 0 radical (unpaired) electrons. The maximum absolute atomic E-state index is 13.7. The van der Waals surface area contributed by atoms with E-state index in [9.17, 15) is 14.3 Å². The number of H-pyrrole nitrogens is 1. The van der Waals surface area contributed by atoms with Crippen molar-refractivity contribution in [1.29, 1.82) is 0 Å². The molecule has 104 valence electrons. The monoisotopic (exact) mass is 292 g/mol. The lowest BCUT2D eigenvalue weighted by molar-refractivity contribution is 0.449. The van der Waals surface area contributed by atoms with E-state index in [0.717, 1.165) is 18.6 Å². The fraction of sp³-hybridized carbons (Fsp3) is 0.286. The number of nitrogens with one attached hydrogen (secondary N) is 1. The van der Waals surface area contributed by atoms with E-state index in [4.69, 9.17) is 0 Å². The van der Waals surface area contributed by atoms with Gasteiger partial charge >= 0.3 is 0 Å². The molecule has 2 N–H and O–H groups in total. The number of halogens is 1. The van der Waals surface area contributed by atoms with Crippen molar-refractivity contribution in [1.82, 2.24) is 9.97 Å². The lowest BCUT2D eigenvalue weighted by atomic mass is 10.1. The van der Waals surface area contributed by atoms with Crippen molar-refractivity contribution in [3.63, 3.8) is 0 Å². The summed E-state index contributed by atoms with van der Waals surface area (Å²) in [4.78, 5) is 18.9. The number of hydrogen-bond donors (Lipinski definition) is 2. The molecule has 1 fully saturated rings. The summed E-state index contributed by atoms with van der Waals surface area (Å²) in [5, 5.41) is 10.1. The van der Waals surface area contributed by atoms with Crippen molar-refractivity contribution >= 4 is 11.8 Å². The van der Waals surface area contributed by atoms with E-state index in [1.165, 1.54) is 18.2 Å². The molecule has 1 aromatic carbocycles. The van der Waals surface area contributed by atoms with Gasteiger partial charge in [0, 0.05) is 5.56 Å². The van der Waals surface area contributed by atoms with Gasteiger partial charge in [0.2, 0.25) is 5.88 Å². The number of thioether (sulfide) groups is 1. The molecule has 0 aliphatic carbocycles. The second kappa shape index (κ2) is 5.28. The van der Waals surface area contributed by atoms with Crippen LogP contribution in [0.25, 0.3) is 11.1 Å². The van der Waals surface area contributed by atoms with Gasteiger partial charge in [0.15, 0.2) is 0 Å². The van der Waals surface area contributed by atoms with E-state index < -0.39 is 17.3 Å². The minimum atomic E-state index is -0.557. The van der Waals surface area contributed by atoms with E-state index in [-0.39, 0.29) is 16.4 Å². The van der Waals surface area contributed by atoms with Crippen LogP contribution >= 0.6 is 11.8 Å². The molecular weight excluding hydrogens is 279 g/mol. The predicted molar refractivity (Wildman–Crippen MR) is 76.3 cm³/mol. The normalized spacial score (nSPS) is 18.4. The quantitative estimate of drug-likeness (QED) is 0.893. The summed E-state index contributed by atoms with van der Waals surface area (Å²) in [6.45, 7) is 0. The van der Waals surface area contributed by atoms with Gasteiger partial charge in [-0.15, -0.1) is 0 Å². The summed E-state index contributed by atoms with van der Waals surface area (Å²) in [6.07, 6.45) is 1.99. The zero-order chi connectivity index (χ0) is 14.1. The first-order valence-corrected chi connectivity index (χ1v) is 7.41. The van der Waals surface area contributed by atoms with Crippen LogP contribution in [0.1, 0.15) is 23.9 Å². The highest BCUT2D eigenvalue weighted by atomic mass is 32.2. The number of aromatic hydroxyl groups is 1. The molecule has 3 rings (SSSR count). The Hall–Kier alpha value is -1.82. The summed E-state index contributed by atoms with van der Waals surface area (Å²) in [6, 6.07) is 5.83. The Morgan fingerprint density at radius 2 is 2.20 bits per heavy atom. The Labute approximate surface area is 119 Å². The van der Waals surface area contributed by atoms with Gasteiger partial charge < -0.3 is 10.1 Å². The topological polar surface area (TPSA) is 66.0 Å². The Morgan fingerprint density at radius 1 is 1.40 bits per heavy atom. The summed E-state index contributed by atoms with van der Waals surface area (Å²) in [5.74, 6) is 0.513. The molecule has 20 heavy (non-hydrogen) atoms. The van der Waals surface area contributed by atoms with Crippen LogP contribution in [-0.2, 0) is 0 Å². The Kier molecular flexibility index (Phi) is 3.48. The van der Waals surface area contributed by atoms with Crippen molar-refractivity contribution in [2.24, 2.45) is 0 Å². The highest BCUT2D eigenvalue weighted by Crippen LogP contribution is 2.38. The zero-order valence-corrected chi connectivity index (χ0v) is 11.4. The molecule has 4 nitrogen and oxygen atoms in total. The van der Waals surface area contributed by atoms with E-state index in [1.807, 2.05) is 0 Å². The largest absolute Gasteiger partial charge is 0.493 e. The van der Waals surface area contributed by atoms with Crippen LogP contribution in [-0.4, -0.2) is 20.8 Å². The molecule has 2 aromatic rings. The molecular formula is C14H13FN2O2S. The molecule has 6 heteroatoms. The minimum Gasteiger partial charge on any atom is -0.493 e. The van der Waals surface area contributed by atoms with Gasteiger partial charge in [-0.25, -0.2) is 4.39 Å². The Bertz CT molecular complexity index is 696. The Balaban J connectivity index is 2.10. The van der Waals surface area contributed by atoms with E-state index >= 15 is 0 Å². The minimum absolute atomic E-state index is 0.0596.